The normalized spacial score (nSPS) is 14.1. The second-order valence-electron chi connectivity index (χ2n) is 4.55. The van der Waals surface area contributed by atoms with Crippen molar-refractivity contribution in [1.82, 2.24) is 9.55 Å². The Balaban J connectivity index is 2.45. The highest BCUT2D eigenvalue weighted by molar-refractivity contribution is 5.54. The monoisotopic (exact) mass is 245 g/mol. The van der Waals surface area contributed by atoms with Crippen LogP contribution >= 0.6 is 0 Å². The Hall–Kier alpha value is -2.29. The van der Waals surface area contributed by atoms with E-state index >= 15 is 0 Å². The molecule has 0 saturated heterocycles. The van der Waals surface area contributed by atoms with Crippen molar-refractivity contribution in [2.45, 2.75) is 32.7 Å². The van der Waals surface area contributed by atoms with Gasteiger partial charge in [-0.25, -0.2) is 4.79 Å². The summed E-state index contributed by atoms with van der Waals surface area (Å²) in [5.41, 5.74) is 7.22. The van der Waals surface area contributed by atoms with E-state index in [1.807, 2.05) is 13.8 Å². The number of nitrogens with two attached hydrogens (primary N) is 1. The first-order valence-electron chi connectivity index (χ1n) is 5.76. The van der Waals surface area contributed by atoms with E-state index in [2.05, 4.69) is 16.4 Å². The minimum atomic E-state index is -0.298. The number of rotatable bonds is 2. The Morgan fingerprint density at radius 3 is 3.00 bits per heavy atom. The molecule has 0 fully saturated rings. The van der Waals surface area contributed by atoms with Gasteiger partial charge in [0.15, 0.2) is 0 Å². The zero-order valence-electron chi connectivity index (χ0n) is 10.4. The molecule has 0 saturated carbocycles. The molecule has 0 unspecified atom stereocenters. The van der Waals surface area contributed by atoms with Gasteiger partial charge in [-0.15, -0.1) is 0 Å². The van der Waals surface area contributed by atoms with Crippen molar-refractivity contribution < 1.29 is 0 Å². The van der Waals surface area contributed by atoms with Crippen LogP contribution in [0.5, 0.6) is 0 Å². The highest BCUT2D eigenvalue weighted by Crippen LogP contribution is 2.24. The number of aromatic nitrogens is 2. The third-order valence-corrected chi connectivity index (χ3v) is 2.91. The average molecular weight is 245 g/mol. The molecule has 18 heavy (non-hydrogen) atoms. The molecule has 6 heteroatoms. The number of allylic oxidation sites excluding steroid dienone is 1. The van der Waals surface area contributed by atoms with E-state index in [0.29, 0.717) is 18.1 Å². The topological polar surface area (TPSA) is 96.7 Å². The molecule has 0 amide bonds. The number of nitrogens with zero attached hydrogens (tertiary/aromatic N) is 3. The van der Waals surface area contributed by atoms with Crippen LogP contribution in [0, 0.1) is 11.3 Å². The van der Waals surface area contributed by atoms with Crippen molar-refractivity contribution in [3.8, 4) is 6.07 Å². The number of fused-ring (bicyclic) bond motifs is 1. The fraction of sp³-hybridized carbons (Fsp3) is 0.417. The van der Waals surface area contributed by atoms with Crippen LogP contribution in [0.4, 0.5) is 5.82 Å². The van der Waals surface area contributed by atoms with Crippen molar-refractivity contribution >= 4 is 5.82 Å². The van der Waals surface area contributed by atoms with Gasteiger partial charge < -0.3 is 11.1 Å². The zero-order chi connectivity index (χ0) is 13.3. The van der Waals surface area contributed by atoms with Gasteiger partial charge in [0.2, 0.25) is 0 Å². The van der Waals surface area contributed by atoms with Crippen LogP contribution in [0.25, 0.3) is 0 Å². The zero-order valence-corrected chi connectivity index (χ0v) is 10.4. The lowest BCUT2D eigenvalue weighted by atomic mass is 10.0. The van der Waals surface area contributed by atoms with E-state index in [9.17, 15) is 4.79 Å². The molecule has 0 atom stereocenters. The number of hydrogen-bond acceptors (Lipinski definition) is 5. The first-order valence-corrected chi connectivity index (χ1v) is 5.76. The molecule has 2 rings (SSSR count). The van der Waals surface area contributed by atoms with Crippen molar-refractivity contribution in [1.29, 1.82) is 5.26 Å². The maximum absolute atomic E-state index is 11.7. The van der Waals surface area contributed by atoms with Gasteiger partial charge in [0.25, 0.3) is 0 Å². The van der Waals surface area contributed by atoms with Crippen LogP contribution in [0.1, 0.15) is 31.9 Å². The van der Waals surface area contributed by atoms with E-state index in [0.717, 1.165) is 11.1 Å². The largest absolute Gasteiger partial charge is 0.385 e. The third kappa shape index (κ3) is 2.07. The fourth-order valence-corrected chi connectivity index (χ4v) is 1.91. The van der Waals surface area contributed by atoms with Gasteiger partial charge in [0.05, 0.1) is 12.5 Å². The maximum Gasteiger partial charge on any atom is 0.349 e. The summed E-state index contributed by atoms with van der Waals surface area (Å²) < 4.78 is 1.58. The maximum atomic E-state index is 11.7. The van der Waals surface area contributed by atoms with Gasteiger partial charge >= 0.3 is 5.69 Å². The van der Waals surface area contributed by atoms with Gasteiger partial charge in [-0.3, -0.25) is 4.57 Å². The summed E-state index contributed by atoms with van der Waals surface area (Å²) >= 11 is 0. The molecule has 0 spiro atoms. The summed E-state index contributed by atoms with van der Waals surface area (Å²) in [6.45, 7) is 3.85. The molecular formula is C12H15N5O. The standard InChI is InChI=1S/C12H15N5O/c1-7(2)17-6-9-5-8(3-4-13)10(14)15-11(9)16-12(17)18/h6-7H,3,5,14H2,1-2H3,(H,15,16,18). The molecule has 2 heterocycles. The van der Waals surface area contributed by atoms with Crippen molar-refractivity contribution in [3.63, 3.8) is 0 Å². The van der Waals surface area contributed by atoms with Crippen molar-refractivity contribution in [2.24, 2.45) is 5.73 Å². The molecule has 6 nitrogen and oxygen atoms in total. The lowest BCUT2D eigenvalue weighted by Crippen LogP contribution is -2.29. The van der Waals surface area contributed by atoms with Gasteiger partial charge in [-0.2, -0.15) is 10.2 Å². The molecule has 1 aliphatic heterocycles. The van der Waals surface area contributed by atoms with Crippen LogP contribution in [-0.2, 0) is 6.42 Å². The summed E-state index contributed by atoms with van der Waals surface area (Å²) in [7, 11) is 0. The van der Waals surface area contributed by atoms with Crippen LogP contribution in [0.15, 0.2) is 22.4 Å². The number of nitriles is 1. The van der Waals surface area contributed by atoms with E-state index in [4.69, 9.17) is 11.0 Å². The first kappa shape index (κ1) is 12.2. The highest BCUT2D eigenvalue weighted by Gasteiger charge is 2.19. The predicted octanol–water partition coefficient (Wildman–Crippen LogP) is 0.876. The van der Waals surface area contributed by atoms with Crippen LogP contribution in [0.3, 0.4) is 0 Å². The molecule has 1 aromatic rings. The quantitative estimate of drug-likeness (QED) is 0.806. The van der Waals surface area contributed by atoms with E-state index in [-0.39, 0.29) is 18.2 Å². The summed E-state index contributed by atoms with van der Waals surface area (Å²) in [6.07, 6.45) is 2.62. The molecule has 0 aromatic carbocycles. The SMILES string of the molecule is CC(C)n1cc2c(nc1=O)NC(N)=C(CC#N)C2. The van der Waals surface area contributed by atoms with Gasteiger partial charge in [-0.1, -0.05) is 0 Å². The van der Waals surface area contributed by atoms with E-state index in [1.165, 1.54) is 0 Å². The molecular weight excluding hydrogens is 230 g/mol. The molecule has 3 N–H and O–H groups in total. The Bertz CT molecular complexity index is 606. The van der Waals surface area contributed by atoms with Crippen LogP contribution < -0.4 is 16.7 Å². The lowest BCUT2D eigenvalue weighted by Gasteiger charge is -2.21. The molecule has 1 aromatic heterocycles. The van der Waals surface area contributed by atoms with Crippen molar-refractivity contribution in [3.05, 3.63) is 33.6 Å². The third-order valence-electron chi connectivity index (χ3n) is 2.91. The predicted molar refractivity (Wildman–Crippen MR) is 67.7 cm³/mol. The molecule has 0 aliphatic carbocycles. The highest BCUT2D eigenvalue weighted by atomic mass is 16.1. The fourth-order valence-electron chi connectivity index (χ4n) is 1.91. The summed E-state index contributed by atoms with van der Waals surface area (Å²) in [5.74, 6) is 0.925. The molecule has 0 radical (unpaired) electrons. The lowest BCUT2D eigenvalue weighted by molar-refractivity contribution is 0.560. The Morgan fingerprint density at radius 1 is 1.67 bits per heavy atom. The summed E-state index contributed by atoms with van der Waals surface area (Å²) in [5, 5.41) is 11.6. The Labute approximate surface area is 105 Å². The van der Waals surface area contributed by atoms with Gasteiger partial charge in [-0.05, 0) is 19.4 Å². The van der Waals surface area contributed by atoms with Crippen LogP contribution in [-0.4, -0.2) is 9.55 Å². The van der Waals surface area contributed by atoms with Gasteiger partial charge in [0, 0.05) is 24.2 Å². The van der Waals surface area contributed by atoms with E-state index < -0.39 is 0 Å². The minimum absolute atomic E-state index is 0.0537. The smallest absolute Gasteiger partial charge is 0.349 e. The number of anilines is 1. The first-order chi connectivity index (χ1) is 8.52. The second kappa shape index (κ2) is 4.53. The average Bonchev–Trinajstić information content (AvgIpc) is 2.30. The number of hydrogen-bond donors (Lipinski definition) is 2. The van der Waals surface area contributed by atoms with Gasteiger partial charge in [0.1, 0.15) is 11.6 Å². The van der Waals surface area contributed by atoms with E-state index in [1.54, 1.807) is 10.8 Å². The number of nitrogens with one attached hydrogen (secondary N) is 1. The van der Waals surface area contributed by atoms with Crippen LogP contribution in [0.2, 0.25) is 0 Å². The summed E-state index contributed by atoms with van der Waals surface area (Å²) in [4.78, 5) is 15.7. The summed E-state index contributed by atoms with van der Waals surface area (Å²) in [6, 6.07) is 2.13. The molecule has 0 bridgehead atoms. The molecule has 1 aliphatic rings. The Kier molecular flexibility index (Phi) is 3.06. The second-order valence-corrected chi connectivity index (χ2v) is 4.55. The Morgan fingerprint density at radius 2 is 2.39 bits per heavy atom. The minimum Gasteiger partial charge on any atom is -0.385 e. The van der Waals surface area contributed by atoms with Crippen molar-refractivity contribution in [2.75, 3.05) is 5.32 Å². The molecule has 94 valence electrons.